The number of rotatable bonds is 3. The van der Waals surface area contributed by atoms with Crippen molar-refractivity contribution in [2.24, 2.45) is 0 Å². The Morgan fingerprint density at radius 3 is 2.47 bits per heavy atom. The van der Waals surface area contributed by atoms with Gasteiger partial charge in [0.2, 0.25) is 0 Å². The highest BCUT2D eigenvalue weighted by Gasteiger charge is 2.12. The normalized spacial score (nSPS) is 17.5. The van der Waals surface area contributed by atoms with E-state index in [1.165, 1.54) is 50.7 Å². The van der Waals surface area contributed by atoms with Crippen LogP contribution in [-0.4, -0.2) is 13.2 Å². The van der Waals surface area contributed by atoms with E-state index in [0.29, 0.717) is 11.8 Å². The highest BCUT2D eigenvalue weighted by Crippen LogP contribution is 2.24. The first kappa shape index (κ1) is 12.2. The molecule has 2 nitrogen and oxygen atoms in total. The Balaban J connectivity index is 2.03. The monoisotopic (exact) mass is 237 g/mol. The maximum atomic E-state index is 13.3. The van der Waals surface area contributed by atoms with Gasteiger partial charge in [0.15, 0.2) is 0 Å². The Bertz CT molecular complexity index is 359. The fourth-order valence-electron chi connectivity index (χ4n) is 2.42. The van der Waals surface area contributed by atoms with Crippen LogP contribution in [-0.2, 0) is 0 Å². The molecule has 0 amide bonds. The summed E-state index contributed by atoms with van der Waals surface area (Å²) in [7, 11) is 1.56. The number of anilines is 1. The van der Waals surface area contributed by atoms with Crippen LogP contribution in [0.3, 0.4) is 0 Å². The third-order valence-electron chi connectivity index (χ3n) is 3.33. The van der Waals surface area contributed by atoms with Crippen molar-refractivity contribution in [1.29, 1.82) is 0 Å². The first-order chi connectivity index (χ1) is 8.28. The molecule has 3 heteroatoms. The van der Waals surface area contributed by atoms with E-state index in [-0.39, 0.29) is 5.82 Å². The van der Waals surface area contributed by atoms with Crippen molar-refractivity contribution in [3.63, 3.8) is 0 Å². The predicted molar refractivity (Wildman–Crippen MR) is 68.1 cm³/mol. The molecule has 0 aromatic heterocycles. The second-order valence-electron chi connectivity index (χ2n) is 4.71. The van der Waals surface area contributed by atoms with Crippen molar-refractivity contribution in [3.8, 4) is 5.75 Å². The molecule has 0 saturated heterocycles. The zero-order chi connectivity index (χ0) is 12.1. The maximum absolute atomic E-state index is 13.3. The summed E-state index contributed by atoms with van der Waals surface area (Å²) in [6.45, 7) is 0. The first-order valence-corrected chi connectivity index (χ1v) is 6.39. The Morgan fingerprint density at radius 2 is 1.82 bits per heavy atom. The minimum atomic E-state index is -0.250. The lowest BCUT2D eigenvalue weighted by molar-refractivity contribution is 0.411. The van der Waals surface area contributed by atoms with E-state index >= 15 is 0 Å². The Morgan fingerprint density at radius 1 is 1.12 bits per heavy atom. The van der Waals surface area contributed by atoms with Gasteiger partial charge in [0.25, 0.3) is 0 Å². The third kappa shape index (κ3) is 3.62. The third-order valence-corrected chi connectivity index (χ3v) is 3.33. The Hall–Kier alpha value is -1.25. The van der Waals surface area contributed by atoms with Crippen molar-refractivity contribution in [2.45, 2.75) is 44.6 Å². The van der Waals surface area contributed by atoms with Crippen LogP contribution in [0.25, 0.3) is 0 Å². The molecule has 0 unspecified atom stereocenters. The van der Waals surface area contributed by atoms with Crippen molar-refractivity contribution < 1.29 is 9.13 Å². The Kier molecular flexibility index (Phi) is 4.24. The molecule has 0 atom stereocenters. The number of methoxy groups -OCH3 is 1. The minimum Gasteiger partial charge on any atom is -0.497 e. The van der Waals surface area contributed by atoms with Gasteiger partial charge in [0, 0.05) is 23.9 Å². The molecule has 94 valence electrons. The van der Waals surface area contributed by atoms with Crippen LogP contribution in [0.15, 0.2) is 18.2 Å². The number of hydrogen-bond acceptors (Lipinski definition) is 2. The second kappa shape index (κ2) is 5.89. The molecule has 1 aromatic carbocycles. The second-order valence-corrected chi connectivity index (χ2v) is 4.71. The molecular weight excluding hydrogens is 217 g/mol. The molecular formula is C14H20FNO. The standard InChI is InChI=1S/C14H20FNO/c1-17-14-9-11(15)8-13(10-14)16-12-6-4-2-3-5-7-12/h8-10,12,16H,2-7H2,1H3. The van der Waals surface area contributed by atoms with Crippen LogP contribution in [0, 0.1) is 5.82 Å². The van der Waals surface area contributed by atoms with Crippen LogP contribution >= 0.6 is 0 Å². The van der Waals surface area contributed by atoms with Gasteiger partial charge in [-0.05, 0) is 18.9 Å². The number of benzene rings is 1. The summed E-state index contributed by atoms with van der Waals surface area (Å²) in [5.41, 5.74) is 0.828. The molecule has 1 fully saturated rings. The largest absolute Gasteiger partial charge is 0.497 e. The lowest BCUT2D eigenvalue weighted by Crippen LogP contribution is -2.18. The molecule has 0 aliphatic heterocycles. The quantitative estimate of drug-likeness (QED) is 0.803. The van der Waals surface area contributed by atoms with Gasteiger partial charge < -0.3 is 10.1 Å². The average Bonchev–Trinajstić information content (AvgIpc) is 2.57. The summed E-state index contributed by atoms with van der Waals surface area (Å²) in [5, 5.41) is 3.42. The van der Waals surface area contributed by atoms with Gasteiger partial charge in [-0.1, -0.05) is 25.7 Å². The predicted octanol–water partition coefficient (Wildman–Crippen LogP) is 3.97. The van der Waals surface area contributed by atoms with E-state index in [0.717, 1.165) is 5.69 Å². The van der Waals surface area contributed by atoms with Crippen LogP contribution in [0.2, 0.25) is 0 Å². The van der Waals surface area contributed by atoms with E-state index in [2.05, 4.69) is 5.32 Å². The Labute approximate surface area is 102 Å². The van der Waals surface area contributed by atoms with E-state index in [1.807, 2.05) is 6.07 Å². The number of nitrogens with one attached hydrogen (secondary N) is 1. The van der Waals surface area contributed by atoms with Crippen LogP contribution in [0.1, 0.15) is 38.5 Å². The van der Waals surface area contributed by atoms with E-state index in [1.54, 1.807) is 7.11 Å². The molecule has 1 aliphatic carbocycles. The highest BCUT2D eigenvalue weighted by molar-refractivity contribution is 5.49. The topological polar surface area (TPSA) is 21.3 Å². The molecule has 1 N–H and O–H groups in total. The average molecular weight is 237 g/mol. The summed E-state index contributed by atoms with van der Waals surface area (Å²) in [5.74, 6) is 0.321. The molecule has 2 rings (SSSR count). The number of halogens is 1. The SMILES string of the molecule is COc1cc(F)cc(NC2CCCCCC2)c1. The van der Waals surface area contributed by atoms with E-state index in [4.69, 9.17) is 4.74 Å². The molecule has 17 heavy (non-hydrogen) atoms. The molecule has 1 aromatic rings. The molecule has 0 spiro atoms. The van der Waals surface area contributed by atoms with E-state index < -0.39 is 0 Å². The lowest BCUT2D eigenvalue weighted by atomic mass is 10.1. The zero-order valence-electron chi connectivity index (χ0n) is 10.3. The van der Waals surface area contributed by atoms with Gasteiger partial charge >= 0.3 is 0 Å². The smallest absolute Gasteiger partial charge is 0.128 e. The lowest BCUT2D eigenvalue weighted by Gasteiger charge is -2.18. The van der Waals surface area contributed by atoms with Crippen LogP contribution in [0.4, 0.5) is 10.1 Å². The first-order valence-electron chi connectivity index (χ1n) is 6.39. The van der Waals surface area contributed by atoms with Gasteiger partial charge in [-0.25, -0.2) is 4.39 Å². The molecule has 0 radical (unpaired) electrons. The maximum Gasteiger partial charge on any atom is 0.128 e. The van der Waals surface area contributed by atoms with Gasteiger partial charge in [-0.3, -0.25) is 0 Å². The molecule has 1 aliphatic rings. The minimum absolute atomic E-state index is 0.250. The molecule has 0 heterocycles. The fourth-order valence-corrected chi connectivity index (χ4v) is 2.42. The van der Waals surface area contributed by atoms with Crippen molar-refractivity contribution in [3.05, 3.63) is 24.0 Å². The van der Waals surface area contributed by atoms with Crippen molar-refractivity contribution in [2.75, 3.05) is 12.4 Å². The summed E-state index contributed by atoms with van der Waals surface area (Å²) >= 11 is 0. The summed E-state index contributed by atoms with van der Waals surface area (Å²) in [4.78, 5) is 0. The molecule has 1 saturated carbocycles. The van der Waals surface area contributed by atoms with Crippen LogP contribution < -0.4 is 10.1 Å². The zero-order valence-corrected chi connectivity index (χ0v) is 10.3. The van der Waals surface area contributed by atoms with Crippen LogP contribution in [0.5, 0.6) is 5.75 Å². The summed E-state index contributed by atoms with van der Waals surface area (Å²) in [6.07, 6.45) is 7.54. The van der Waals surface area contributed by atoms with Gasteiger partial charge in [-0.15, -0.1) is 0 Å². The summed E-state index contributed by atoms with van der Waals surface area (Å²) in [6, 6.07) is 5.27. The fraction of sp³-hybridized carbons (Fsp3) is 0.571. The number of ether oxygens (including phenoxy) is 1. The summed E-state index contributed by atoms with van der Waals surface area (Å²) < 4.78 is 18.4. The van der Waals surface area contributed by atoms with Crippen molar-refractivity contribution >= 4 is 5.69 Å². The highest BCUT2D eigenvalue weighted by atomic mass is 19.1. The van der Waals surface area contributed by atoms with Gasteiger partial charge in [0.05, 0.1) is 7.11 Å². The van der Waals surface area contributed by atoms with Gasteiger partial charge in [0.1, 0.15) is 11.6 Å². The van der Waals surface area contributed by atoms with E-state index in [9.17, 15) is 4.39 Å². The van der Waals surface area contributed by atoms with Gasteiger partial charge in [-0.2, -0.15) is 0 Å². The molecule has 0 bridgehead atoms. The van der Waals surface area contributed by atoms with Crippen molar-refractivity contribution in [1.82, 2.24) is 0 Å². The number of hydrogen-bond donors (Lipinski definition) is 1.